The van der Waals surface area contributed by atoms with Crippen LogP contribution in [-0.4, -0.2) is 75.1 Å². The van der Waals surface area contributed by atoms with Gasteiger partial charge in [0.1, 0.15) is 17.5 Å². The molecule has 2 aromatic carbocycles. The summed E-state index contributed by atoms with van der Waals surface area (Å²) in [6.07, 6.45) is 0.667. The first kappa shape index (κ1) is 30.6. The number of aryl methyl sites for hydroxylation is 1. The SMILES string of the molecule is COc1ccc(OC)c(CNC(=O)[C@H](CCc2ccccc2)NC(=O)[C@@H](N)CC(=O)N(CCN)CCN)c1. The summed E-state index contributed by atoms with van der Waals surface area (Å²) in [6.45, 7) is 1.34. The molecule has 0 fully saturated rings. The monoisotopic (exact) mass is 528 g/mol. The van der Waals surface area contributed by atoms with Crippen LogP contribution in [0, 0.1) is 0 Å². The molecule has 3 amide bonds. The Morgan fingerprint density at radius 1 is 0.947 bits per heavy atom. The molecule has 0 saturated heterocycles. The summed E-state index contributed by atoms with van der Waals surface area (Å²) < 4.78 is 10.7. The van der Waals surface area contributed by atoms with Gasteiger partial charge in [0.25, 0.3) is 0 Å². The van der Waals surface area contributed by atoms with Crippen LogP contribution in [0.3, 0.4) is 0 Å². The zero-order valence-electron chi connectivity index (χ0n) is 22.2. The van der Waals surface area contributed by atoms with E-state index in [4.69, 9.17) is 26.7 Å². The molecule has 0 aliphatic carbocycles. The number of amides is 3. The van der Waals surface area contributed by atoms with E-state index in [2.05, 4.69) is 10.6 Å². The molecule has 38 heavy (non-hydrogen) atoms. The van der Waals surface area contributed by atoms with Crippen molar-refractivity contribution in [2.45, 2.75) is 37.9 Å². The topological polar surface area (TPSA) is 175 Å². The molecule has 0 bridgehead atoms. The summed E-state index contributed by atoms with van der Waals surface area (Å²) in [5.74, 6) is -0.0792. The van der Waals surface area contributed by atoms with Gasteiger partial charge in [0.15, 0.2) is 0 Å². The van der Waals surface area contributed by atoms with Crippen LogP contribution < -0.4 is 37.3 Å². The van der Waals surface area contributed by atoms with E-state index >= 15 is 0 Å². The van der Waals surface area contributed by atoms with Gasteiger partial charge in [0.2, 0.25) is 17.7 Å². The summed E-state index contributed by atoms with van der Waals surface area (Å²) >= 11 is 0. The third kappa shape index (κ3) is 9.66. The first-order valence-corrected chi connectivity index (χ1v) is 12.6. The number of hydrogen-bond acceptors (Lipinski definition) is 8. The van der Waals surface area contributed by atoms with E-state index < -0.39 is 18.0 Å². The third-order valence-electron chi connectivity index (χ3n) is 6.02. The molecular formula is C27H40N6O5. The Bertz CT molecular complexity index is 1030. The van der Waals surface area contributed by atoms with Crippen LogP contribution in [0.4, 0.5) is 0 Å². The standard InChI is InChI=1S/C27H40N6O5/c1-37-21-9-11-24(38-2)20(16-21)18-31-27(36)23(10-8-19-6-4-3-5-7-19)32-26(35)22(30)17-25(34)33(14-12-28)15-13-29/h3-7,9,11,16,22-23H,8,10,12-15,17-18,28-30H2,1-2H3,(H,31,36)(H,32,35)/t22-,23-/m0/s1. The summed E-state index contributed by atoms with van der Waals surface area (Å²) in [5, 5.41) is 5.60. The van der Waals surface area contributed by atoms with Crippen molar-refractivity contribution in [1.29, 1.82) is 0 Å². The van der Waals surface area contributed by atoms with Gasteiger partial charge in [0.05, 0.1) is 26.7 Å². The van der Waals surface area contributed by atoms with Gasteiger partial charge in [-0.1, -0.05) is 30.3 Å². The number of nitrogens with two attached hydrogens (primary N) is 3. The minimum Gasteiger partial charge on any atom is -0.497 e. The van der Waals surface area contributed by atoms with Gasteiger partial charge in [-0.25, -0.2) is 0 Å². The molecule has 208 valence electrons. The molecule has 2 rings (SSSR count). The van der Waals surface area contributed by atoms with Crippen molar-refractivity contribution in [3.05, 3.63) is 59.7 Å². The summed E-state index contributed by atoms with van der Waals surface area (Å²) in [4.78, 5) is 40.2. The number of benzene rings is 2. The van der Waals surface area contributed by atoms with Crippen LogP contribution >= 0.6 is 0 Å². The fourth-order valence-electron chi connectivity index (χ4n) is 3.91. The zero-order chi connectivity index (χ0) is 27.9. The number of carbonyl (C=O) groups excluding carboxylic acids is 3. The van der Waals surface area contributed by atoms with Gasteiger partial charge in [-0.15, -0.1) is 0 Å². The fourth-order valence-corrected chi connectivity index (χ4v) is 3.91. The number of nitrogens with one attached hydrogen (secondary N) is 2. The van der Waals surface area contributed by atoms with E-state index in [9.17, 15) is 14.4 Å². The maximum atomic E-state index is 13.2. The first-order chi connectivity index (χ1) is 18.3. The second kappa shape index (κ2) is 16.2. The number of ether oxygens (including phenoxy) is 2. The Morgan fingerprint density at radius 3 is 2.24 bits per heavy atom. The predicted octanol–water partition coefficient (Wildman–Crippen LogP) is -0.0990. The maximum Gasteiger partial charge on any atom is 0.242 e. The van der Waals surface area contributed by atoms with Gasteiger partial charge < -0.3 is 42.2 Å². The molecule has 8 N–H and O–H groups in total. The van der Waals surface area contributed by atoms with Crippen LogP contribution in [0.25, 0.3) is 0 Å². The van der Waals surface area contributed by atoms with Crippen LogP contribution in [-0.2, 0) is 27.3 Å². The number of carbonyl (C=O) groups is 3. The van der Waals surface area contributed by atoms with Crippen LogP contribution in [0.1, 0.15) is 24.0 Å². The lowest BCUT2D eigenvalue weighted by atomic mass is 10.0. The highest BCUT2D eigenvalue weighted by molar-refractivity contribution is 5.92. The molecule has 0 saturated carbocycles. The largest absolute Gasteiger partial charge is 0.497 e. The van der Waals surface area contributed by atoms with E-state index in [0.29, 0.717) is 37.4 Å². The van der Waals surface area contributed by atoms with Gasteiger partial charge in [-0.2, -0.15) is 0 Å². The van der Waals surface area contributed by atoms with Gasteiger partial charge in [-0.3, -0.25) is 14.4 Å². The van der Waals surface area contributed by atoms with Crippen molar-refractivity contribution in [2.75, 3.05) is 40.4 Å². The molecule has 11 nitrogen and oxygen atoms in total. The van der Waals surface area contributed by atoms with E-state index in [1.54, 1.807) is 32.4 Å². The smallest absolute Gasteiger partial charge is 0.242 e. The number of rotatable bonds is 16. The summed E-state index contributed by atoms with van der Waals surface area (Å²) in [6, 6.07) is 12.9. The van der Waals surface area contributed by atoms with Gasteiger partial charge >= 0.3 is 0 Å². The first-order valence-electron chi connectivity index (χ1n) is 12.6. The molecule has 11 heteroatoms. The van der Waals surface area contributed by atoms with Crippen LogP contribution in [0.5, 0.6) is 11.5 Å². The van der Waals surface area contributed by atoms with E-state index in [0.717, 1.165) is 11.1 Å². The van der Waals surface area contributed by atoms with Crippen LogP contribution in [0.2, 0.25) is 0 Å². The van der Waals surface area contributed by atoms with Crippen molar-refractivity contribution >= 4 is 17.7 Å². The molecule has 0 aliphatic rings. The minimum absolute atomic E-state index is 0.161. The highest BCUT2D eigenvalue weighted by Crippen LogP contribution is 2.23. The number of methoxy groups -OCH3 is 2. The lowest BCUT2D eigenvalue weighted by molar-refractivity contribution is -0.135. The Balaban J connectivity index is 2.10. The molecule has 0 heterocycles. The molecule has 0 radical (unpaired) electrons. The maximum absolute atomic E-state index is 13.2. The van der Waals surface area contributed by atoms with Crippen LogP contribution in [0.15, 0.2) is 48.5 Å². The normalized spacial score (nSPS) is 12.2. The molecule has 0 aromatic heterocycles. The predicted molar refractivity (Wildman–Crippen MR) is 145 cm³/mol. The molecule has 0 aliphatic heterocycles. The number of nitrogens with zero attached hydrogens (tertiary/aromatic N) is 1. The number of hydrogen-bond donors (Lipinski definition) is 5. The zero-order valence-corrected chi connectivity index (χ0v) is 22.2. The second-order valence-electron chi connectivity index (χ2n) is 8.75. The molecular weight excluding hydrogens is 488 g/mol. The molecule has 2 aromatic rings. The van der Waals surface area contributed by atoms with Crippen molar-refractivity contribution in [3.8, 4) is 11.5 Å². The average Bonchev–Trinajstić information content (AvgIpc) is 2.93. The van der Waals surface area contributed by atoms with E-state index in [1.807, 2.05) is 30.3 Å². The quantitative estimate of drug-likeness (QED) is 0.201. The fraction of sp³-hybridized carbons (Fsp3) is 0.444. The Kier molecular flexibility index (Phi) is 13.0. The third-order valence-corrected chi connectivity index (χ3v) is 6.02. The van der Waals surface area contributed by atoms with Crippen molar-refractivity contribution in [1.82, 2.24) is 15.5 Å². The Labute approximate surface area is 224 Å². The molecule has 2 atom stereocenters. The van der Waals surface area contributed by atoms with Crippen molar-refractivity contribution < 1.29 is 23.9 Å². The molecule has 0 spiro atoms. The van der Waals surface area contributed by atoms with Gasteiger partial charge in [0, 0.05) is 38.3 Å². The lowest BCUT2D eigenvalue weighted by Gasteiger charge is -2.24. The highest BCUT2D eigenvalue weighted by Gasteiger charge is 2.26. The second-order valence-corrected chi connectivity index (χ2v) is 8.75. The minimum atomic E-state index is -1.13. The lowest BCUT2D eigenvalue weighted by Crippen LogP contribution is -2.53. The summed E-state index contributed by atoms with van der Waals surface area (Å²) in [5.41, 5.74) is 18.9. The average molecular weight is 529 g/mol. The molecule has 0 unspecified atom stereocenters. The summed E-state index contributed by atoms with van der Waals surface area (Å²) in [7, 11) is 3.10. The van der Waals surface area contributed by atoms with Crippen molar-refractivity contribution in [2.24, 2.45) is 17.2 Å². The van der Waals surface area contributed by atoms with Crippen molar-refractivity contribution in [3.63, 3.8) is 0 Å². The van der Waals surface area contributed by atoms with E-state index in [-0.39, 0.29) is 37.9 Å². The highest BCUT2D eigenvalue weighted by atomic mass is 16.5. The van der Waals surface area contributed by atoms with E-state index in [1.165, 1.54) is 4.90 Å². The van der Waals surface area contributed by atoms with Gasteiger partial charge in [-0.05, 0) is 36.6 Å². The Morgan fingerprint density at radius 2 is 1.63 bits per heavy atom. The Hall–Kier alpha value is -3.67.